The van der Waals surface area contributed by atoms with E-state index in [-0.39, 0.29) is 0 Å². The molecule has 1 aliphatic rings. The van der Waals surface area contributed by atoms with Gasteiger partial charge >= 0.3 is 0 Å². The van der Waals surface area contributed by atoms with Gasteiger partial charge in [0.05, 0.1) is 5.69 Å². The number of fused-ring (bicyclic) bond motifs is 3. The minimum absolute atomic E-state index is 0.995. The van der Waals surface area contributed by atoms with Crippen LogP contribution < -0.4 is 0 Å². The Morgan fingerprint density at radius 2 is 1.03 bits per heavy atom. The molecule has 0 N–H and O–H groups in total. The van der Waals surface area contributed by atoms with E-state index in [2.05, 4.69) is 129 Å². The van der Waals surface area contributed by atoms with Gasteiger partial charge in [-0.2, -0.15) is 0 Å². The van der Waals surface area contributed by atoms with Crippen molar-refractivity contribution in [2.24, 2.45) is 0 Å². The number of nitrogens with zero attached hydrogens (tertiary/aromatic N) is 1. The first-order valence-electron chi connectivity index (χ1n) is 13.5. The number of aryl methyl sites for hydroxylation is 2. The van der Waals surface area contributed by atoms with Gasteiger partial charge in [-0.15, -0.1) is 0 Å². The highest BCUT2D eigenvalue weighted by Crippen LogP contribution is 2.45. The second kappa shape index (κ2) is 9.11. The quantitative estimate of drug-likeness (QED) is 0.226. The van der Waals surface area contributed by atoms with Crippen molar-refractivity contribution in [1.29, 1.82) is 0 Å². The SMILES string of the molecule is Cc1cccc(C2=CC=C(c3c4ccccc4c(-c4cccc5c(C)cccc45)c4ccccc34)CC2)n1. The summed E-state index contributed by atoms with van der Waals surface area (Å²) in [7, 11) is 0. The summed E-state index contributed by atoms with van der Waals surface area (Å²) in [6.45, 7) is 4.26. The summed E-state index contributed by atoms with van der Waals surface area (Å²) in [6, 6.07) is 37.6. The zero-order valence-corrected chi connectivity index (χ0v) is 21.8. The molecule has 1 heteroatoms. The summed E-state index contributed by atoms with van der Waals surface area (Å²) >= 11 is 0. The second-order valence-corrected chi connectivity index (χ2v) is 10.4. The number of hydrogen-bond acceptors (Lipinski definition) is 1. The molecule has 7 rings (SSSR count). The number of aromatic nitrogens is 1. The van der Waals surface area contributed by atoms with Crippen molar-refractivity contribution in [3.05, 3.63) is 138 Å². The highest BCUT2D eigenvalue weighted by atomic mass is 14.7. The molecule has 1 aromatic heterocycles. The number of hydrogen-bond donors (Lipinski definition) is 0. The average Bonchev–Trinajstić information content (AvgIpc) is 2.96. The van der Waals surface area contributed by atoms with Gasteiger partial charge in [-0.05, 0) is 105 Å². The van der Waals surface area contributed by atoms with Gasteiger partial charge in [0.1, 0.15) is 0 Å². The molecule has 0 aliphatic heterocycles. The van der Waals surface area contributed by atoms with Gasteiger partial charge in [0, 0.05) is 5.69 Å². The lowest BCUT2D eigenvalue weighted by Gasteiger charge is -2.22. The summed E-state index contributed by atoms with van der Waals surface area (Å²) < 4.78 is 0. The molecule has 1 heterocycles. The Kier molecular flexibility index (Phi) is 5.44. The van der Waals surface area contributed by atoms with E-state index in [0.717, 1.165) is 24.2 Å². The molecule has 0 amide bonds. The van der Waals surface area contributed by atoms with Crippen LogP contribution in [0.4, 0.5) is 0 Å². The molecule has 0 saturated carbocycles. The number of benzene rings is 5. The fourth-order valence-corrected chi connectivity index (χ4v) is 6.23. The number of rotatable bonds is 3. The van der Waals surface area contributed by atoms with Crippen molar-refractivity contribution in [3.63, 3.8) is 0 Å². The number of pyridine rings is 1. The van der Waals surface area contributed by atoms with Crippen LogP contribution in [0, 0.1) is 13.8 Å². The Morgan fingerprint density at radius 3 is 1.68 bits per heavy atom. The molecule has 6 aromatic rings. The van der Waals surface area contributed by atoms with Crippen LogP contribution in [0.3, 0.4) is 0 Å². The van der Waals surface area contributed by atoms with Crippen LogP contribution in [0.1, 0.15) is 35.4 Å². The van der Waals surface area contributed by atoms with E-state index in [1.807, 2.05) is 0 Å². The molecule has 0 saturated heterocycles. The molecule has 1 aliphatic carbocycles. The molecular formula is C37H29N. The largest absolute Gasteiger partial charge is 0.253 e. The first-order valence-corrected chi connectivity index (χ1v) is 13.5. The summed E-state index contributed by atoms with van der Waals surface area (Å²) in [5.74, 6) is 0. The maximum atomic E-state index is 4.77. The summed E-state index contributed by atoms with van der Waals surface area (Å²) in [6.07, 6.45) is 6.61. The Balaban J connectivity index is 1.51. The van der Waals surface area contributed by atoms with Gasteiger partial charge in [0.25, 0.3) is 0 Å². The molecule has 0 radical (unpaired) electrons. The van der Waals surface area contributed by atoms with E-state index in [1.165, 1.54) is 65.7 Å². The fraction of sp³-hybridized carbons (Fsp3) is 0.108. The van der Waals surface area contributed by atoms with Gasteiger partial charge in [-0.3, -0.25) is 4.98 Å². The van der Waals surface area contributed by atoms with Crippen LogP contribution in [-0.2, 0) is 0 Å². The molecule has 0 bridgehead atoms. The van der Waals surface area contributed by atoms with Crippen molar-refractivity contribution in [2.45, 2.75) is 26.7 Å². The van der Waals surface area contributed by atoms with Crippen molar-refractivity contribution in [3.8, 4) is 11.1 Å². The number of allylic oxidation sites excluding steroid dienone is 4. The molecule has 0 fully saturated rings. The summed E-state index contributed by atoms with van der Waals surface area (Å²) in [5, 5.41) is 7.90. The van der Waals surface area contributed by atoms with E-state index in [1.54, 1.807) is 0 Å². The van der Waals surface area contributed by atoms with E-state index in [4.69, 9.17) is 4.98 Å². The zero-order chi connectivity index (χ0) is 25.6. The first-order chi connectivity index (χ1) is 18.7. The third-order valence-electron chi connectivity index (χ3n) is 8.03. The molecule has 5 aromatic carbocycles. The average molecular weight is 488 g/mol. The highest BCUT2D eigenvalue weighted by Gasteiger charge is 2.20. The third-order valence-corrected chi connectivity index (χ3v) is 8.03. The lowest BCUT2D eigenvalue weighted by molar-refractivity contribution is 1.05. The summed E-state index contributed by atoms with van der Waals surface area (Å²) in [5.41, 5.74) is 10.2. The maximum Gasteiger partial charge on any atom is 0.0664 e. The standard InChI is InChI=1S/C37H29N/c1-24-10-7-17-29-28(24)16-9-18-30(29)37-33-14-5-3-12-31(33)36(32-13-4-6-15-34(32)37)27-22-20-26(21-23-27)35-19-8-11-25(2)38-35/h3-20,22H,21,23H2,1-2H3. The van der Waals surface area contributed by atoms with Crippen molar-refractivity contribution >= 4 is 43.5 Å². The molecule has 182 valence electrons. The van der Waals surface area contributed by atoms with Gasteiger partial charge < -0.3 is 0 Å². The molecular weight excluding hydrogens is 458 g/mol. The van der Waals surface area contributed by atoms with Crippen molar-refractivity contribution in [2.75, 3.05) is 0 Å². The van der Waals surface area contributed by atoms with Gasteiger partial charge in [0.2, 0.25) is 0 Å². The smallest absolute Gasteiger partial charge is 0.0664 e. The minimum Gasteiger partial charge on any atom is -0.253 e. The Morgan fingerprint density at radius 1 is 0.474 bits per heavy atom. The van der Waals surface area contributed by atoms with Crippen LogP contribution in [0.25, 0.3) is 54.6 Å². The van der Waals surface area contributed by atoms with Crippen LogP contribution in [0.2, 0.25) is 0 Å². The molecule has 38 heavy (non-hydrogen) atoms. The molecule has 0 unspecified atom stereocenters. The predicted molar refractivity (Wildman–Crippen MR) is 163 cm³/mol. The van der Waals surface area contributed by atoms with Crippen LogP contribution in [0.15, 0.2) is 115 Å². The monoisotopic (exact) mass is 487 g/mol. The molecule has 0 spiro atoms. The predicted octanol–water partition coefficient (Wildman–Crippen LogP) is 10.1. The zero-order valence-electron chi connectivity index (χ0n) is 21.8. The van der Waals surface area contributed by atoms with Crippen LogP contribution in [0.5, 0.6) is 0 Å². The van der Waals surface area contributed by atoms with Crippen LogP contribution >= 0.6 is 0 Å². The lowest BCUT2D eigenvalue weighted by Crippen LogP contribution is -1.99. The third kappa shape index (κ3) is 3.66. The van der Waals surface area contributed by atoms with E-state index in [9.17, 15) is 0 Å². The first kappa shape index (κ1) is 22.7. The van der Waals surface area contributed by atoms with Gasteiger partial charge in [-0.25, -0.2) is 0 Å². The maximum absolute atomic E-state index is 4.77. The minimum atomic E-state index is 0.995. The second-order valence-electron chi connectivity index (χ2n) is 10.4. The molecule has 1 nitrogen and oxygen atoms in total. The van der Waals surface area contributed by atoms with E-state index in [0.29, 0.717) is 0 Å². The Bertz CT molecular complexity index is 1880. The fourth-order valence-electron chi connectivity index (χ4n) is 6.23. The van der Waals surface area contributed by atoms with E-state index >= 15 is 0 Å². The topological polar surface area (TPSA) is 12.9 Å². The normalized spacial score (nSPS) is 13.6. The Labute approximate surface area is 223 Å². The van der Waals surface area contributed by atoms with Crippen molar-refractivity contribution in [1.82, 2.24) is 4.98 Å². The lowest BCUT2D eigenvalue weighted by atomic mass is 9.82. The Hall–Kier alpha value is -4.49. The summed E-state index contributed by atoms with van der Waals surface area (Å²) in [4.78, 5) is 4.77. The highest BCUT2D eigenvalue weighted by molar-refractivity contribution is 6.21. The van der Waals surface area contributed by atoms with E-state index < -0.39 is 0 Å². The molecule has 0 atom stereocenters. The van der Waals surface area contributed by atoms with Crippen molar-refractivity contribution < 1.29 is 0 Å². The van der Waals surface area contributed by atoms with Crippen LogP contribution in [-0.4, -0.2) is 4.98 Å². The van der Waals surface area contributed by atoms with Gasteiger partial charge in [0.15, 0.2) is 0 Å². The van der Waals surface area contributed by atoms with Gasteiger partial charge in [-0.1, -0.05) is 103 Å².